The van der Waals surface area contributed by atoms with Crippen LogP contribution in [0.2, 0.25) is 0 Å². The van der Waals surface area contributed by atoms with Gasteiger partial charge in [0.1, 0.15) is 24.1 Å². The van der Waals surface area contributed by atoms with E-state index in [0.29, 0.717) is 5.56 Å². The number of hydrogen-bond acceptors (Lipinski definition) is 4. The van der Waals surface area contributed by atoms with Crippen LogP contribution in [0.3, 0.4) is 0 Å². The highest BCUT2D eigenvalue weighted by Crippen LogP contribution is 2.27. The standard InChI is InChI=1S/C29H32FN3O4/c1-2-37-26(34)19-33(29(36)25-18-17-24(32-25)20-9-5-3-6-10-20)27(21-13-15-22(30)16-14-21)28(35)31-23-11-7-4-8-12-23/h3,5-6,9-10,13-18,23,27,32H,2,4,7-8,11-12,19H2,1H3,(H,31,35). The van der Waals surface area contributed by atoms with Crippen LogP contribution in [0.4, 0.5) is 4.39 Å². The lowest BCUT2D eigenvalue weighted by Gasteiger charge is -2.32. The van der Waals surface area contributed by atoms with Crippen LogP contribution in [0.15, 0.2) is 66.7 Å². The van der Waals surface area contributed by atoms with Crippen molar-refractivity contribution in [2.75, 3.05) is 13.2 Å². The van der Waals surface area contributed by atoms with Gasteiger partial charge in [-0.25, -0.2) is 4.39 Å². The van der Waals surface area contributed by atoms with Gasteiger partial charge in [-0.05, 0) is 55.2 Å². The number of carbonyl (C=O) groups excluding carboxylic acids is 3. The predicted molar refractivity (Wildman–Crippen MR) is 138 cm³/mol. The topological polar surface area (TPSA) is 91.5 Å². The minimum Gasteiger partial charge on any atom is -0.465 e. The molecule has 1 aliphatic rings. The number of carbonyl (C=O) groups is 3. The van der Waals surface area contributed by atoms with Crippen molar-refractivity contribution in [1.82, 2.24) is 15.2 Å². The molecular formula is C29H32FN3O4. The zero-order valence-electron chi connectivity index (χ0n) is 20.9. The third-order valence-corrected chi connectivity index (χ3v) is 6.56. The normalized spacial score (nSPS) is 14.5. The van der Waals surface area contributed by atoms with Crippen LogP contribution in [-0.2, 0) is 14.3 Å². The SMILES string of the molecule is CCOC(=O)CN(C(=O)c1ccc(-c2ccccc2)[nH]1)C(C(=O)NC1CCCCC1)c1ccc(F)cc1. The highest BCUT2D eigenvalue weighted by molar-refractivity contribution is 5.99. The van der Waals surface area contributed by atoms with Crippen molar-refractivity contribution in [3.05, 3.63) is 83.8 Å². The Morgan fingerprint density at radius 1 is 1.00 bits per heavy atom. The number of rotatable bonds is 9. The summed E-state index contributed by atoms with van der Waals surface area (Å²) in [6.45, 7) is 1.37. The molecule has 8 heteroatoms. The van der Waals surface area contributed by atoms with Gasteiger partial charge in [0.25, 0.3) is 5.91 Å². The molecule has 1 atom stereocenters. The molecule has 0 aliphatic heterocycles. The fourth-order valence-corrected chi connectivity index (χ4v) is 4.73. The van der Waals surface area contributed by atoms with Crippen LogP contribution in [0.25, 0.3) is 11.3 Å². The maximum absolute atomic E-state index is 13.8. The van der Waals surface area contributed by atoms with E-state index in [0.717, 1.165) is 43.4 Å². The zero-order chi connectivity index (χ0) is 26.2. The number of aromatic amines is 1. The summed E-state index contributed by atoms with van der Waals surface area (Å²) in [6, 6.07) is 17.2. The molecule has 0 bridgehead atoms. The van der Waals surface area contributed by atoms with E-state index in [9.17, 15) is 18.8 Å². The molecule has 1 heterocycles. The first-order valence-corrected chi connectivity index (χ1v) is 12.7. The Balaban J connectivity index is 1.70. The fraction of sp³-hybridized carbons (Fsp3) is 0.345. The van der Waals surface area contributed by atoms with Crippen molar-refractivity contribution < 1.29 is 23.5 Å². The first kappa shape index (κ1) is 26.1. The van der Waals surface area contributed by atoms with E-state index >= 15 is 0 Å². The highest BCUT2D eigenvalue weighted by Gasteiger charge is 2.35. The third-order valence-electron chi connectivity index (χ3n) is 6.56. The number of halogens is 1. The lowest BCUT2D eigenvalue weighted by atomic mass is 9.94. The molecule has 1 fully saturated rings. The summed E-state index contributed by atoms with van der Waals surface area (Å²) in [5.74, 6) is -2.05. The first-order valence-electron chi connectivity index (χ1n) is 12.7. The Morgan fingerprint density at radius 3 is 2.38 bits per heavy atom. The minimum absolute atomic E-state index is 0.0149. The molecule has 0 radical (unpaired) electrons. The number of aromatic nitrogens is 1. The number of hydrogen-bond donors (Lipinski definition) is 2. The van der Waals surface area contributed by atoms with Crippen molar-refractivity contribution >= 4 is 17.8 Å². The Bertz CT molecular complexity index is 1200. The summed E-state index contributed by atoms with van der Waals surface area (Å²) in [5, 5.41) is 3.07. The van der Waals surface area contributed by atoms with E-state index in [1.165, 1.54) is 29.2 Å². The summed E-state index contributed by atoms with van der Waals surface area (Å²) in [5.41, 5.74) is 2.25. The smallest absolute Gasteiger partial charge is 0.325 e. The maximum Gasteiger partial charge on any atom is 0.325 e. The van der Waals surface area contributed by atoms with Gasteiger partial charge in [-0.2, -0.15) is 0 Å². The Labute approximate surface area is 216 Å². The second kappa shape index (κ2) is 12.3. The van der Waals surface area contributed by atoms with Gasteiger partial charge in [-0.3, -0.25) is 14.4 Å². The zero-order valence-corrected chi connectivity index (χ0v) is 20.9. The van der Waals surface area contributed by atoms with Crippen LogP contribution >= 0.6 is 0 Å². The molecule has 3 aromatic rings. The van der Waals surface area contributed by atoms with Gasteiger partial charge in [-0.1, -0.05) is 61.7 Å². The molecule has 1 saturated carbocycles. The van der Waals surface area contributed by atoms with Gasteiger partial charge in [0, 0.05) is 11.7 Å². The van der Waals surface area contributed by atoms with E-state index in [1.807, 2.05) is 30.3 Å². The molecule has 2 amide bonds. The van der Waals surface area contributed by atoms with Crippen molar-refractivity contribution in [2.24, 2.45) is 0 Å². The number of nitrogens with zero attached hydrogens (tertiary/aromatic N) is 1. The monoisotopic (exact) mass is 505 g/mol. The highest BCUT2D eigenvalue weighted by atomic mass is 19.1. The van der Waals surface area contributed by atoms with Crippen molar-refractivity contribution in [2.45, 2.75) is 51.1 Å². The largest absolute Gasteiger partial charge is 0.465 e. The minimum atomic E-state index is -1.15. The predicted octanol–water partition coefficient (Wildman–Crippen LogP) is 5.02. The van der Waals surface area contributed by atoms with Crippen LogP contribution in [0.1, 0.15) is 61.1 Å². The molecular weight excluding hydrogens is 473 g/mol. The summed E-state index contributed by atoms with van der Waals surface area (Å²) in [4.78, 5) is 44.4. The van der Waals surface area contributed by atoms with E-state index in [4.69, 9.17) is 4.74 Å². The van der Waals surface area contributed by atoms with Crippen molar-refractivity contribution in [3.63, 3.8) is 0 Å². The lowest BCUT2D eigenvalue weighted by molar-refractivity contribution is -0.145. The lowest BCUT2D eigenvalue weighted by Crippen LogP contribution is -2.48. The second-order valence-corrected chi connectivity index (χ2v) is 9.19. The van der Waals surface area contributed by atoms with Gasteiger partial charge in [0.05, 0.1) is 6.61 Å². The van der Waals surface area contributed by atoms with E-state index in [2.05, 4.69) is 10.3 Å². The number of benzene rings is 2. The van der Waals surface area contributed by atoms with Crippen LogP contribution in [0, 0.1) is 5.82 Å². The quantitative estimate of drug-likeness (QED) is 0.400. The number of ether oxygens (including phenoxy) is 1. The van der Waals surface area contributed by atoms with Gasteiger partial charge in [-0.15, -0.1) is 0 Å². The summed E-state index contributed by atoms with van der Waals surface area (Å²) in [7, 11) is 0. The molecule has 2 aromatic carbocycles. The average molecular weight is 506 g/mol. The molecule has 1 aromatic heterocycles. The average Bonchev–Trinajstić information content (AvgIpc) is 3.41. The Morgan fingerprint density at radius 2 is 1.70 bits per heavy atom. The number of nitrogens with one attached hydrogen (secondary N) is 2. The molecule has 0 spiro atoms. The number of esters is 1. The Hall–Kier alpha value is -3.94. The number of H-pyrrole nitrogens is 1. The third kappa shape index (κ3) is 6.64. The molecule has 1 aliphatic carbocycles. The number of amides is 2. The van der Waals surface area contributed by atoms with Crippen LogP contribution in [0.5, 0.6) is 0 Å². The molecule has 194 valence electrons. The molecule has 7 nitrogen and oxygen atoms in total. The van der Waals surface area contributed by atoms with E-state index < -0.39 is 36.2 Å². The van der Waals surface area contributed by atoms with Gasteiger partial charge in [0.2, 0.25) is 5.91 Å². The van der Waals surface area contributed by atoms with E-state index in [1.54, 1.807) is 19.1 Å². The van der Waals surface area contributed by atoms with Crippen molar-refractivity contribution in [3.8, 4) is 11.3 Å². The second-order valence-electron chi connectivity index (χ2n) is 9.19. The summed E-state index contributed by atoms with van der Waals surface area (Å²) in [6.07, 6.45) is 4.86. The fourth-order valence-electron chi connectivity index (χ4n) is 4.73. The molecule has 37 heavy (non-hydrogen) atoms. The van der Waals surface area contributed by atoms with Gasteiger partial charge < -0.3 is 19.9 Å². The van der Waals surface area contributed by atoms with Gasteiger partial charge >= 0.3 is 5.97 Å². The van der Waals surface area contributed by atoms with Gasteiger partial charge in [0.15, 0.2) is 0 Å². The summed E-state index contributed by atoms with van der Waals surface area (Å²) >= 11 is 0. The van der Waals surface area contributed by atoms with E-state index in [-0.39, 0.29) is 18.3 Å². The van der Waals surface area contributed by atoms with Crippen LogP contribution in [-0.4, -0.2) is 46.9 Å². The van der Waals surface area contributed by atoms with Crippen LogP contribution < -0.4 is 5.32 Å². The maximum atomic E-state index is 13.8. The molecule has 4 rings (SSSR count). The first-order chi connectivity index (χ1) is 18.0. The summed E-state index contributed by atoms with van der Waals surface area (Å²) < 4.78 is 18.9. The van der Waals surface area contributed by atoms with Crippen molar-refractivity contribution in [1.29, 1.82) is 0 Å². The molecule has 2 N–H and O–H groups in total. The molecule has 1 unspecified atom stereocenters. The Kier molecular flexibility index (Phi) is 8.72. The molecule has 0 saturated heterocycles.